The number of aliphatic carboxylic acids is 1. The zero-order chi connectivity index (χ0) is 15.3. The van der Waals surface area contributed by atoms with Crippen LogP contribution in [-0.4, -0.2) is 38.6 Å². The molecule has 0 bridgehead atoms. The lowest BCUT2D eigenvalue weighted by Gasteiger charge is -2.13. The highest BCUT2D eigenvalue weighted by molar-refractivity contribution is 7.98. The molecular weight excluding hydrogens is 302 g/mol. The maximum Gasteiger partial charge on any atom is 0.327 e. The summed E-state index contributed by atoms with van der Waals surface area (Å²) in [5.74, 6) is -0.569. The molecule has 1 heterocycles. The number of carboxylic acid groups (broad SMARTS) is 1. The Bertz CT molecular complexity index is 504. The topological polar surface area (TPSA) is 84.2 Å². The Balaban J connectivity index is 2.63. The highest BCUT2D eigenvalue weighted by atomic mass is 35.5. The summed E-state index contributed by atoms with van der Waals surface area (Å²) >= 11 is 7.57. The second-order valence-corrected chi connectivity index (χ2v) is 5.68. The molecule has 1 atom stereocenters. The maximum atomic E-state index is 11.0. The Morgan fingerprint density at radius 3 is 2.70 bits per heavy atom. The number of nitrogens with zero attached hydrogens (tertiary/aromatic N) is 2. The molecule has 0 saturated heterocycles. The van der Waals surface area contributed by atoms with Crippen LogP contribution in [0, 0.1) is 6.92 Å². The van der Waals surface area contributed by atoms with Gasteiger partial charge in [0.1, 0.15) is 6.04 Å². The van der Waals surface area contributed by atoms with E-state index in [-0.39, 0.29) is 11.7 Å². The summed E-state index contributed by atoms with van der Waals surface area (Å²) in [7, 11) is 0. The van der Waals surface area contributed by atoms with Crippen molar-refractivity contribution in [3.8, 4) is 0 Å². The van der Waals surface area contributed by atoms with E-state index in [1.165, 1.54) is 18.7 Å². The standard InChI is InChI=1S/C12H18ClN3O3S/c1-4-16-10(11(13)7(2)15-16)6-20-5-9(12(18)19)14-8(3)17/h9H,4-6H2,1-3H3,(H,14,17)(H,18,19)/t9-/m0/s1. The lowest BCUT2D eigenvalue weighted by molar-refractivity contribution is -0.140. The largest absolute Gasteiger partial charge is 0.480 e. The predicted molar refractivity (Wildman–Crippen MR) is 79.1 cm³/mol. The Hall–Kier alpha value is -1.21. The molecule has 0 aromatic carbocycles. The van der Waals surface area contributed by atoms with E-state index in [9.17, 15) is 9.59 Å². The van der Waals surface area contributed by atoms with Crippen LogP contribution < -0.4 is 5.32 Å². The minimum absolute atomic E-state index is 0.277. The van der Waals surface area contributed by atoms with Crippen molar-refractivity contribution >= 4 is 35.2 Å². The lowest BCUT2D eigenvalue weighted by atomic mass is 10.3. The molecule has 20 heavy (non-hydrogen) atoms. The van der Waals surface area contributed by atoms with Gasteiger partial charge < -0.3 is 10.4 Å². The number of carboxylic acids is 1. The number of thioether (sulfide) groups is 1. The summed E-state index contributed by atoms with van der Waals surface area (Å²) in [6.45, 7) is 5.80. The van der Waals surface area contributed by atoms with Gasteiger partial charge in [0.2, 0.25) is 5.91 Å². The van der Waals surface area contributed by atoms with Crippen molar-refractivity contribution in [2.75, 3.05) is 5.75 Å². The average Bonchev–Trinajstić information content (AvgIpc) is 2.64. The molecule has 0 saturated carbocycles. The fourth-order valence-corrected chi connectivity index (χ4v) is 3.05. The normalized spacial score (nSPS) is 12.2. The smallest absolute Gasteiger partial charge is 0.327 e. The van der Waals surface area contributed by atoms with Crippen LogP contribution in [0.3, 0.4) is 0 Å². The number of rotatable bonds is 7. The van der Waals surface area contributed by atoms with Crippen molar-refractivity contribution in [1.29, 1.82) is 0 Å². The van der Waals surface area contributed by atoms with E-state index in [1.54, 1.807) is 4.68 Å². The van der Waals surface area contributed by atoms with E-state index in [4.69, 9.17) is 16.7 Å². The fraction of sp³-hybridized carbons (Fsp3) is 0.583. The molecule has 0 fully saturated rings. The molecule has 0 unspecified atom stereocenters. The molecule has 0 aliphatic heterocycles. The van der Waals surface area contributed by atoms with Crippen LogP contribution in [0.2, 0.25) is 5.02 Å². The summed E-state index contributed by atoms with van der Waals surface area (Å²) in [6.07, 6.45) is 0. The number of hydrogen-bond donors (Lipinski definition) is 2. The number of aromatic nitrogens is 2. The van der Waals surface area contributed by atoms with Gasteiger partial charge in [0, 0.05) is 25.0 Å². The minimum atomic E-state index is -1.04. The molecule has 0 aliphatic carbocycles. The summed E-state index contributed by atoms with van der Waals surface area (Å²) in [4.78, 5) is 21.9. The Labute approximate surface area is 126 Å². The van der Waals surface area contributed by atoms with E-state index in [0.717, 1.165) is 11.4 Å². The second kappa shape index (κ2) is 7.54. The van der Waals surface area contributed by atoms with Gasteiger partial charge in [-0.25, -0.2) is 4.79 Å². The molecule has 2 N–H and O–H groups in total. The molecule has 1 aromatic rings. The number of amides is 1. The van der Waals surface area contributed by atoms with Gasteiger partial charge in [-0.2, -0.15) is 16.9 Å². The average molecular weight is 320 g/mol. The third kappa shape index (κ3) is 4.42. The minimum Gasteiger partial charge on any atom is -0.480 e. The first-order chi connectivity index (χ1) is 9.36. The van der Waals surface area contributed by atoms with Crippen LogP contribution in [0.25, 0.3) is 0 Å². The number of carbonyl (C=O) groups is 2. The monoisotopic (exact) mass is 319 g/mol. The highest BCUT2D eigenvalue weighted by Crippen LogP contribution is 2.24. The van der Waals surface area contributed by atoms with Crippen molar-refractivity contribution in [3.05, 3.63) is 16.4 Å². The van der Waals surface area contributed by atoms with Gasteiger partial charge in [0.05, 0.1) is 16.4 Å². The number of halogens is 1. The number of hydrogen-bond acceptors (Lipinski definition) is 4. The number of carbonyl (C=O) groups excluding carboxylic acids is 1. The molecule has 0 spiro atoms. The maximum absolute atomic E-state index is 11.0. The van der Waals surface area contributed by atoms with Gasteiger partial charge in [-0.05, 0) is 13.8 Å². The summed E-state index contributed by atoms with van der Waals surface area (Å²) < 4.78 is 1.80. The van der Waals surface area contributed by atoms with Crippen molar-refractivity contribution in [1.82, 2.24) is 15.1 Å². The van der Waals surface area contributed by atoms with E-state index in [1.807, 2.05) is 13.8 Å². The van der Waals surface area contributed by atoms with E-state index < -0.39 is 12.0 Å². The quantitative estimate of drug-likeness (QED) is 0.799. The first-order valence-corrected chi connectivity index (χ1v) is 7.69. The van der Waals surface area contributed by atoms with Crippen LogP contribution in [0.4, 0.5) is 0 Å². The molecule has 1 aromatic heterocycles. The first kappa shape index (κ1) is 16.8. The number of nitrogens with one attached hydrogen (secondary N) is 1. The second-order valence-electron chi connectivity index (χ2n) is 4.27. The summed E-state index contributed by atoms with van der Waals surface area (Å²) in [5, 5.41) is 16.3. The highest BCUT2D eigenvalue weighted by Gasteiger charge is 2.19. The Morgan fingerprint density at radius 1 is 1.55 bits per heavy atom. The molecule has 6 nitrogen and oxygen atoms in total. The van der Waals surface area contributed by atoms with E-state index in [2.05, 4.69) is 10.4 Å². The van der Waals surface area contributed by atoms with Gasteiger partial charge in [0.15, 0.2) is 0 Å². The van der Waals surface area contributed by atoms with Crippen molar-refractivity contribution in [2.24, 2.45) is 0 Å². The summed E-state index contributed by atoms with van der Waals surface area (Å²) in [6, 6.07) is -0.893. The van der Waals surface area contributed by atoms with Crippen LogP contribution in [0.15, 0.2) is 0 Å². The molecule has 8 heteroatoms. The Kier molecular flexibility index (Phi) is 6.35. The van der Waals surface area contributed by atoms with Crippen molar-refractivity contribution in [3.63, 3.8) is 0 Å². The van der Waals surface area contributed by atoms with Gasteiger partial charge in [-0.15, -0.1) is 0 Å². The lowest BCUT2D eigenvalue weighted by Crippen LogP contribution is -2.41. The van der Waals surface area contributed by atoms with Crippen molar-refractivity contribution < 1.29 is 14.7 Å². The van der Waals surface area contributed by atoms with Gasteiger partial charge in [-0.1, -0.05) is 11.6 Å². The zero-order valence-corrected chi connectivity index (χ0v) is 13.2. The summed E-state index contributed by atoms with van der Waals surface area (Å²) in [5.41, 5.74) is 1.64. The molecular formula is C12H18ClN3O3S. The third-order valence-electron chi connectivity index (χ3n) is 2.65. The molecule has 0 aliphatic rings. The van der Waals surface area contributed by atoms with E-state index >= 15 is 0 Å². The van der Waals surface area contributed by atoms with Gasteiger partial charge in [-0.3, -0.25) is 9.48 Å². The van der Waals surface area contributed by atoms with Gasteiger partial charge in [0.25, 0.3) is 0 Å². The van der Waals surface area contributed by atoms with Crippen LogP contribution >= 0.6 is 23.4 Å². The van der Waals surface area contributed by atoms with Crippen LogP contribution in [0.5, 0.6) is 0 Å². The molecule has 1 amide bonds. The van der Waals surface area contributed by atoms with Gasteiger partial charge >= 0.3 is 5.97 Å². The first-order valence-electron chi connectivity index (χ1n) is 6.16. The number of aryl methyl sites for hydroxylation is 2. The Morgan fingerprint density at radius 2 is 2.20 bits per heavy atom. The SMILES string of the molecule is CCn1nc(C)c(Cl)c1CSC[C@H](NC(C)=O)C(=O)O. The molecule has 0 radical (unpaired) electrons. The third-order valence-corrected chi connectivity index (χ3v) is 4.19. The van der Waals surface area contributed by atoms with Crippen molar-refractivity contribution in [2.45, 2.75) is 39.1 Å². The van der Waals surface area contributed by atoms with Crippen LogP contribution in [-0.2, 0) is 21.9 Å². The van der Waals surface area contributed by atoms with Crippen LogP contribution in [0.1, 0.15) is 25.2 Å². The fourth-order valence-electron chi connectivity index (χ4n) is 1.70. The van der Waals surface area contributed by atoms with E-state index in [0.29, 0.717) is 17.3 Å². The zero-order valence-electron chi connectivity index (χ0n) is 11.6. The predicted octanol–water partition coefficient (Wildman–Crippen LogP) is 1.69. The molecule has 112 valence electrons. The molecule has 1 rings (SSSR count).